The first-order chi connectivity index (χ1) is 10.0. The molecule has 0 unspecified atom stereocenters. The maximum absolute atomic E-state index is 12.7. The highest BCUT2D eigenvalue weighted by Crippen LogP contribution is 2.34. The first-order valence-corrected chi connectivity index (χ1v) is 8.28. The lowest BCUT2D eigenvalue weighted by Crippen LogP contribution is -2.32. The first kappa shape index (κ1) is 14.3. The predicted molar refractivity (Wildman–Crippen MR) is 78.5 cm³/mol. The van der Waals surface area contributed by atoms with Crippen molar-refractivity contribution in [3.05, 3.63) is 34.7 Å². The fourth-order valence-corrected chi connectivity index (χ4v) is 4.88. The maximum Gasteiger partial charge on any atom is 0.243 e. The number of benzene rings is 1. The normalized spacial score (nSPS) is 26.5. The highest BCUT2D eigenvalue weighted by atomic mass is 32.2. The minimum atomic E-state index is -3.51. The molecule has 21 heavy (non-hydrogen) atoms. The van der Waals surface area contributed by atoms with Crippen LogP contribution in [0.3, 0.4) is 0 Å². The van der Waals surface area contributed by atoms with E-state index in [4.69, 9.17) is 5.53 Å². The van der Waals surface area contributed by atoms with Crippen molar-refractivity contribution in [1.29, 1.82) is 0 Å². The van der Waals surface area contributed by atoms with Gasteiger partial charge in [0.2, 0.25) is 10.0 Å². The maximum atomic E-state index is 12.7. The van der Waals surface area contributed by atoms with Gasteiger partial charge in [0.05, 0.1) is 4.90 Å². The standard InChI is InChI=1S/C13H17N5O2S/c1-17-6-10-8-18(9-11(10)7-17)21(19,20)13-4-2-3-12(5-13)15-16-14/h2-5,10-11H,6-9H2,1H3/t10-,11+. The second-order valence-electron chi connectivity index (χ2n) is 5.75. The van der Waals surface area contributed by atoms with E-state index in [1.807, 2.05) is 0 Å². The number of azide groups is 1. The Bertz CT molecular complexity index is 684. The number of nitrogens with zero attached hydrogens (tertiary/aromatic N) is 5. The van der Waals surface area contributed by atoms with Gasteiger partial charge in [0.15, 0.2) is 0 Å². The molecule has 0 saturated carbocycles. The fourth-order valence-electron chi connectivity index (χ4n) is 3.29. The Balaban J connectivity index is 1.85. The van der Waals surface area contributed by atoms with Crippen molar-refractivity contribution in [1.82, 2.24) is 9.21 Å². The zero-order valence-corrected chi connectivity index (χ0v) is 12.6. The molecule has 2 fully saturated rings. The van der Waals surface area contributed by atoms with E-state index in [0.29, 0.717) is 30.6 Å². The van der Waals surface area contributed by atoms with Gasteiger partial charge in [0.1, 0.15) is 0 Å². The molecule has 0 bridgehead atoms. The van der Waals surface area contributed by atoms with Gasteiger partial charge in [-0.2, -0.15) is 4.31 Å². The lowest BCUT2D eigenvalue weighted by Gasteiger charge is -2.19. The van der Waals surface area contributed by atoms with Crippen molar-refractivity contribution in [2.75, 3.05) is 33.2 Å². The summed E-state index contributed by atoms with van der Waals surface area (Å²) in [7, 11) is -1.44. The molecule has 0 aromatic heterocycles. The van der Waals surface area contributed by atoms with E-state index in [1.165, 1.54) is 6.07 Å². The van der Waals surface area contributed by atoms with E-state index < -0.39 is 10.0 Å². The molecular weight excluding hydrogens is 290 g/mol. The summed E-state index contributed by atoms with van der Waals surface area (Å²) in [5, 5.41) is 3.47. The van der Waals surface area contributed by atoms with Gasteiger partial charge in [0.25, 0.3) is 0 Å². The average molecular weight is 307 g/mol. The van der Waals surface area contributed by atoms with Crippen molar-refractivity contribution in [3.63, 3.8) is 0 Å². The Hall–Kier alpha value is -1.60. The topological polar surface area (TPSA) is 89.4 Å². The molecule has 7 nitrogen and oxygen atoms in total. The monoisotopic (exact) mass is 307 g/mol. The number of rotatable bonds is 3. The van der Waals surface area contributed by atoms with Gasteiger partial charge >= 0.3 is 0 Å². The van der Waals surface area contributed by atoms with Crippen LogP contribution in [0.2, 0.25) is 0 Å². The molecule has 0 amide bonds. The van der Waals surface area contributed by atoms with Gasteiger partial charge in [-0.3, -0.25) is 0 Å². The zero-order valence-electron chi connectivity index (χ0n) is 11.8. The minimum absolute atomic E-state index is 0.195. The highest BCUT2D eigenvalue weighted by Gasteiger charge is 2.43. The minimum Gasteiger partial charge on any atom is -0.306 e. The summed E-state index contributed by atoms with van der Waals surface area (Å²) >= 11 is 0. The SMILES string of the molecule is CN1C[C@@H]2CN(S(=O)(=O)c3cccc(N=[N+]=[N-])c3)C[C@@H]2C1. The van der Waals surface area contributed by atoms with Crippen LogP contribution in [0.25, 0.3) is 10.4 Å². The number of sulfonamides is 1. The number of hydrogen-bond acceptors (Lipinski definition) is 4. The Kier molecular flexibility index (Phi) is 3.62. The summed E-state index contributed by atoms with van der Waals surface area (Å²) in [6, 6.07) is 6.16. The molecule has 2 atom stereocenters. The highest BCUT2D eigenvalue weighted by molar-refractivity contribution is 7.89. The molecule has 0 radical (unpaired) electrons. The van der Waals surface area contributed by atoms with Crippen LogP contribution in [-0.4, -0.2) is 50.8 Å². The van der Waals surface area contributed by atoms with E-state index in [1.54, 1.807) is 22.5 Å². The molecule has 8 heteroatoms. The molecule has 2 heterocycles. The molecule has 112 valence electrons. The smallest absolute Gasteiger partial charge is 0.243 e. The molecule has 1 aromatic rings. The van der Waals surface area contributed by atoms with Crippen LogP contribution >= 0.6 is 0 Å². The number of fused-ring (bicyclic) bond motifs is 1. The van der Waals surface area contributed by atoms with E-state index in [0.717, 1.165) is 13.1 Å². The molecular formula is C13H17N5O2S. The third-order valence-electron chi connectivity index (χ3n) is 4.25. The van der Waals surface area contributed by atoms with Crippen LogP contribution in [0.5, 0.6) is 0 Å². The Morgan fingerprint density at radius 2 is 1.90 bits per heavy atom. The fraction of sp³-hybridized carbons (Fsp3) is 0.538. The first-order valence-electron chi connectivity index (χ1n) is 6.84. The Morgan fingerprint density at radius 1 is 1.24 bits per heavy atom. The van der Waals surface area contributed by atoms with E-state index >= 15 is 0 Å². The molecule has 0 N–H and O–H groups in total. The second-order valence-corrected chi connectivity index (χ2v) is 7.69. The number of likely N-dealkylation sites (tertiary alicyclic amines) is 1. The zero-order chi connectivity index (χ0) is 15.0. The van der Waals surface area contributed by atoms with E-state index in [9.17, 15) is 8.42 Å². The second kappa shape index (κ2) is 5.31. The van der Waals surface area contributed by atoms with Crippen LogP contribution in [0.4, 0.5) is 5.69 Å². The summed E-state index contributed by atoms with van der Waals surface area (Å²) in [6.45, 7) is 3.05. The molecule has 3 rings (SSSR count). The molecule has 0 spiro atoms. The Labute approximate surface area is 123 Å². The summed E-state index contributed by atoms with van der Waals surface area (Å²) in [6.07, 6.45) is 0. The third-order valence-corrected chi connectivity index (χ3v) is 6.08. The van der Waals surface area contributed by atoms with Crippen LogP contribution in [0.15, 0.2) is 34.3 Å². The summed E-state index contributed by atoms with van der Waals surface area (Å²) < 4.78 is 26.9. The lowest BCUT2D eigenvalue weighted by atomic mass is 10.0. The molecule has 1 aromatic carbocycles. The molecule has 2 aliphatic heterocycles. The summed E-state index contributed by atoms with van der Waals surface area (Å²) in [5.41, 5.74) is 8.77. The molecule has 2 aliphatic rings. The lowest BCUT2D eigenvalue weighted by molar-refractivity contribution is 0.349. The Morgan fingerprint density at radius 3 is 2.52 bits per heavy atom. The van der Waals surface area contributed by atoms with Crippen molar-refractivity contribution in [2.45, 2.75) is 4.90 Å². The van der Waals surface area contributed by atoms with Crippen LogP contribution in [0, 0.1) is 11.8 Å². The average Bonchev–Trinajstić information content (AvgIpc) is 2.97. The van der Waals surface area contributed by atoms with E-state index in [-0.39, 0.29) is 4.90 Å². The van der Waals surface area contributed by atoms with Crippen LogP contribution in [0.1, 0.15) is 0 Å². The van der Waals surface area contributed by atoms with E-state index in [2.05, 4.69) is 22.0 Å². The predicted octanol–water partition coefficient (Wildman–Crippen LogP) is 1.81. The van der Waals surface area contributed by atoms with Gasteiger partial charge in [-0.25, -0.2) is 8.42 Å². The van der Waals surface area contributed by atoms with Crippen LogP contribution in [-0.2, 0) is 10.0 Å². The quantitative estimate of drug-likeness (QED) is 0.484. The summed E-state index contributed by atoms with van der Waals surface area (Å²) in [5.74, 6) is 0.843. The third kappa shape index (κ3) is 2.63. The molecule has 2 saturated heterocycles. The van der Waals surface area contributed by atoms with Crippen molar-refractivity contribution >= 4 is 15.7 Å². The van der Waals surface area contributed by atoms with Gasteiger partial charge in [0, 0.05) is 36.8 Å². The molecule has 0 aliphatic carbocycles. The van der Waals surface area contributed by atoms with Crippen molar-refractivity contribution in [2.24, 2.45) is 17.0 Å². The van der Waals surface area contributed by atoms with Crippen LogP contribution < -0.4 is 0 Å². The van der Waals surface area contributed by atoms with Gasteiger partial charge in [-0.15, -0.1) is 0 Å². The van der Waals surface area contributed by atoms with Gasteiger partial charge in [-0.1, -0.05) is 17.2 Å². The van der Waals surface area contributed by atoms with Gasteiger partial charge < -0.3 is 4.90 Å². The summed E-state index contributed by atoms with van der Waals surface area (Å²) in [4.78, 5) is 5.14. The van der Waals surface area contributed by atoms with Crippen molar-refractivity contribution < 1.29 is 8.42 Å². The van der Waals surface area contributed by atoms with Gasteiger partial charge in [-0.05, 0) is 36.5 Å². The van der Waals surface area contributed by atoms with Crippen molar-refractivity contribution in [3.8, 4) is 0 Å². The number of hydrogen-bond donors (Lipinski definition) is 0. The largest absolute Gasteiger partial charge is 0.306 e.